The van der Waals surface area contributed by atoms with E-state index in [4.69, 9.17) is 5.73 Å². The van der Waals surface area contributed by atoms with Crippen LogP contribution in [-0.2, 0) is 11.0 Å². The van der Waals surface area contributed by atoms with Crippen LogP contribution in [0.4, 0.5) is 23.9 Å². The maximum atomic E-state index is 13.9. The summed E-state index contributed by atoms with van der Waals surface area (Å²) in [5, 5.41) is 21.0. The number of carbonyl (C=O) groups excluding carboxylic acids is 1. The van der Waals surface area contributed by atoms with Crippen molar-refractivity contribution in [2.75, 3.05) is 4.90 Å². The van der Waals surface area contributed by atoms with Gasteiger partial charge in [-0.1, -0.05) is 37.3 Å². The van der Waals surface area contributed by atoms with E-state index in [0.717, 1.165) is 22.3 Å². The minimum Gasteiger partial charge on any atom is -0.384 e. The molecule has 2 N–H and O–H groups in total. The van der Waals surface area contributed by atoms with Crippen molar-refractivity contribution in [2.45, 2.75) is 38.8 Å². The third kappa shape index (κ3) is 3.84. The van der Waals surface area contributed by atoms with Gasteiger partial charge in [-0.15, -0.1) is 0 Å². The van der Waals surface area contributed by atoms with Gasteiger partial charge in [-0.3, -0.25) is 19.8 Å². The predicted octanol–water partition coefficient (Wildman–Crippen LogP) is 5.62. The molecule has 1 aromatic heterocycles. The molecule has 1 unspecified atom stereocenters. The Morgan fingerprint density at radius 3 is 2.50 bits per heavy atom. The van der Waals surface area contributed by atoms with Crippen molar-refractivity contribution < 1.29 is 22.9 Å². The number of allylic oxidation sites excluding steroid dienone is 3. The van der Waals surface area contributed by atoms with Gasteiger partial charge in [-0.05, 0) is 30.0 Å². The van der Waals surface area contributed by atoms with Crippen molar-refractivity contribution in [3.05, 3.63) is 79.6 Å². The summed E-state index contributed by atoms with van der Waals surface area (Å²) in [6, 6.07) is 9.52. The smallest absolute Gasteiger partial charge is 0.384 e. The highest BCUT2D eigenvalue weighted by Gasteiger charge is 2.47. The Bertz CT molecular complexity index is 1320. The monoisotopic (exact) mass is 488 g/mol. The van der Waals surface area contributed by atoms with Gasteiger partial charge < -0.3 is 5.73 Å². The van der Waals surface area contributed by atoms with Crippen LogP contribution in [0.2, 0.25) is 0 Å². The summed E-state index contributed by atoms with van der Waals surface area (Å²) in [5.41, 5.74) is 4.84. The summed E-state index contributed by atoms with van der Waals surface area (Å²) in [6.07, 6.45) is -4.36. The van der Waals surface area contributed by atoms with Crippen LogP contribution in [0.3, 0.4) is 0 Å². The number of nitrogens with zero attached hydrogens (tertiary/aromatic N) is 3. The lowest BCUT2D eigenvalue weighted by Crippen LogP contribution is -2.42. The van der Waals surface area contributed by atoms with Gasteiger partial charge >= 0.3 is 11.2 Å². The van der Waals surface area contributed by atoms with Gasteiger partial charge in [0.1, 0.15) is 5.82 Å². The number of hydrogen-bond acceptors (Lipinski definition) is 7. The zero-order valence-corrected chi connectivity index (χ0v) is 19.0. The van der Waals surface area contributed by atoms with Gasteiger partial charge in [0, 0.05) is 28.6 Å². The predicted molar refractivity (Wildman–Crippen MR) is 120 cm³/mol. The first-order valence-corrected chi connectivity index (χ1v) is 11.0. The summed E-state index contributed by atoms with van der Waals surface area (Å²) in [6.45, 7) is 3.65. The fourth-order valence-electron chi connectivity index (χ4n) is 4.57. The average molecular weight is 488 g/mol. The van der Waals surface area contributed by atoms with Crippen LogP contribution in [-0.4, -0.2) is 10.7 Å². The highest BCUT2D eigenvalue weighted by atomic mass is 32.1. The van der Waals surface area contributed by atoms with Crippen LogP contribution in [0, 0.1) is 26.9 Å². The number of thiophene rings is 1. The van der Waals surface area contributed by atoms with Gasteiger partial charge in [0.25, 0.3) is 0 Å². The van der Waals surface area contributed by atoms with E-state index in [1.54, 1.807) is 0 Å². The van der Waals surface area contributed by atoms with E-state index in [-0.39, 0.29) is 52.0 Å². The molecule has 1 aliphatic heterocycles. The number of para-hydroxylation sites is 1. The number of hydrogen-bond donors (Lipinski definition) is 1. The zero-order valence-electron chi connectivity index (χ0n) is 18.1. The summed E-state index contributed by atoms with van der Waals surface area (Å²) < 4.78 is 41.7. The Labute approximate surface area is 196 Å². The highest BCUT2D eigenvalue weighted by molar-refractivity contribution is 7.15. The van der Waals surface area contributed by atoms with Crippen molar-refractivity contribution in [3.8, 4) is 6.07 Å². The number of ketones is 1. The van der Waals surface area contributed by atoms with Crippen molar-refractivity contribution in [2.24, 2.45) is 11.1 Å². The van der Waals surface area contributed by atoms with E-state index < -0.39 is 28.0 Å². The fraction of sp³-hybridized carbons (Fsp3) is 0.304. The molecular formula is C23H19F3N4O3S. The second-order valence-corrected chi connectivity index (χ2v) is 10.0. The van der Waals surface area contributed by atoms with E-state index in [1.165, 1.54) is 30.3 Å². The van der Waals surface area contributed by atoms with Crippen LogP contribution in [0.5, 0.6) is 0 Å². The first kappa shape index (κ1) is 23.5. The number of anilines is 1. The minimum absolute atomic E-state index is 0.114. The van der Waals surface area contributed by atoms with Crippen molar-refractivity contribution in [3.63, 3.8) is 0 Å². The lowest BCUT2D eigenvalue weighted by Gasteiger charge is -2.44. The highest BCUT2D eigenvalue weighted by Crippen LogP contribution is 2.52. The number of Topliss-reactive ketones (excluding diaryl/α,β-unsaturated/α-hetero) is 1. The number of carbonyl (C=O) groups is 1. The Morgan fingerprint density at radius 1 is 1.24 bits per heavy atom. The van der Waals surface area contributed by atoms with Crippen molar-refractivity contribution in [1.29, 1.82) is 5.26 Å². The number of halogens is 3. The molecule has 176 valence electrons. The van der Waals surface area contributed by atoms with E-state index in [0.29, 0.717) is 4.88 Å². The maximum absolute atomic E-state index is 13.9. The van der Waals surface area contributed by atoms with Crippen LogP contribution in [0.1, 0.15) is 43.0 Å². The normalized spacial score (nSPS) is 20.3. The van der Waals surface area contributed by atoms with Crippen LogP contribution in [0.15, 0.2) is 59.1 Å². The summed E-state index contributed by atoms with van der Waals surface area (Å²) in [7, 11) is 0. The minimum atomic E-state index is -4.70. The van der Waals surface area contributed by atoms with Gasteiger partial charge in [0.15, 0.2) is 5.78 Å². The molecule has 1 aliphatic carbocycles. The molecule has 0 saturated heterocycles. The summed E-state index contributed by atoms with van der Waals surface area (Å²) >= 11 is 0.806. The molecule has 0 spiro atoms. The summed E-state index contributed by atoms with van der Waals surface area (Å²) in [4.78, 5) is 25.6. The molecule has 0 amide bonds. The molecule has 7 nitrogen and oxygen atoms in total. The molecule has 1 aromatic carbocycles. The second-order valence-electron chi connectivity index (χ2n) is 8.93. The molecule has 11 heteroatoms. The van der Waals surface area contributed by atoms with E-state index in [1.807, 2.05) is 19.9 Å². The van der Waals surface area contributed by atoms with Crippen molar-refractivity contribution >= 4 is 27.8 Å². The standard InChI is InChI=1S/C23H19F3N4O3S/c1-22(2)9-15-20(16(31)10-22)19(17-7-8-18(34-17)30(32)33)12(11-27)21(28)29(15)14-6-4-3-5-13(14)23(24,25)26/h3-8,19H,9-10,28H2,1-2H3. The van der Waals surface area contributed by atoms with Gasteiger partial charge in [-0.25, -0.2) is 0 Å². The van der Waals surface area contributed by atoms with Crippen LogP contribution >= 0.6 is 11.3 Å². The number of nitriles is 1. The third-order valence-electron chi connectivity index (χ3n) is 5.91. The number of nitro groups is 1. The SMILES string of the molecule is CC1(C)CC(=O)C2=C(C1)N(c1ccccc1C(F)(F)F)C(N)=C(C#N)C2c1ccc([N+](=O)[O-])s1. The maximum Gasteiger partial charge on any atom is 0.418 e. The molecule has 2 aliphatic rings. The first-order valence-electron chi connectivity index (χ1n) is 10.2. The number of benzene rings is 1. The molecule has 2 aromatic rings. The van der Waals surface area contributed by atoms with Gasteiger partial charge in [-0.2, -0.15) is 18.4 Å². The molecular weight excluding hydrogens is 469 g/mol. The summed E-state index contributed by atoms with van der Waals surface area (Å²) in [5.74, 6) is -1.55. The number of alkyl halides is 3. The number of rotatable bonds is 3. The van der Waals surface area contributed by atoms with Crippen LogP contribution < -0.4 is 10.6 Å². The topological polar surface area (TPSA) is 113 Å². The molecule has 2 heterocycles. The molecule has 0 bridgehead atoms. The zero-order chi connectivity index (χ0) is 25.0. The average Bonchev–Trinajstić information content (AvgIpc) is 3.22. The van der Waals surface area contributed by atoms with Gasteiger partial charge in [0.2, 0.25) is 0 Å². The largest absolute Gasteiger partial charge is 0.418 e. The lowest BCUT2D eigenvalue weighted by atomic mass is 9.69. The van der Waals surface area contributed by atoms with E-state index in [2.05, 4.69) is 0 Å². The fourth-order valence-corrected chi connectivity index (χ4v) is 5.51. The van der Waals surface area contributed by atoms with E-state index >= 15 is 0 Å². The third-order valence-corrected chi connectivity index (χ3v) is 7.01. The molecule has 34 heavy (non-hydrogen) atoms. The van der Waals surface area contributed by atoms with Crippen molar-refractivity contribution in [1.82, 2.24) is 0 Å². The molecule has 0 fully saturated rings. The van der Waals surface area contributed by atoms with E-state index in [9.17, 15) is 33.3 Å². The molecule has 4 rings (SSSR count). The lowest BCUT2D eigenvalue weighted by molar-refractivity contribution is -0.380. The Morgan fingerprint density at radius 2 is 1.91 bits per heavy atom. The Hall–Kier alpha value is -3.65. The first-order chi connectivity index (χ1) is 15.9. The second kappa shape index (κ2) is 7.99. The Kier molecular flexibility index (Phi) is 5.52. The quantitative estimate of drug-likeness (QED) is 0.443. The number of nitrogens with two attached hydrogens (primary N) is 1. The Balaban J connectivity index is 2.03. The molecule has 0 radical (unpaired) electrons. The van der Waals surface area contributed by atoms with Crippen LogP contribution in [0.25, 0.3) is 0 Å². The molecule has 1 atom stereocenters. The molecule has 0 saturated carbocycles. The van der Waals surface area contributed by atoms with Gasteiger partial charge in [0.05, 0.1) is 33.7 Å².